The van der Waals surface area contributed by atoms with E-state index in [-0.39, 0.29) is 17.8 Å². The summed E-state index contributed by atoms with van der Waals surface area (Å²) in [6.45, 7) is 6.39. The molecule has 1 saturated heterocycles. The normalized spacial score (nSPS) is 15.8. The molecule has 0 saturated carbocycles. The quantitative estimate of drug-likeness (QED) is 0.852. The number of hydrogen-bond acceptors (Lipinski definition) is 2. The highest BCUT2D eigenvalue weighted by Crippen LogP contribution is 2.26. The third kappa shape index (κ3) is 4.50. The lowest BCUT2D eigenvalue weighted by Crippen LogP contribution is -2.37. The lowest BCUT2D eigenvalue weighted by atomic mass is 10.0. The van der Waals surface area contributed by atoms with Crippen LogP contribution in [0.25, 0.3) is 0 Å². The van der Waals surface area contributed by atoms with E-state index in [0.29, 0.717) is 18.5 Å². The second-order valence-corrected chi connectivity index (χ2v) is 7.19. The molecule has 0 bridgehead atoms. The summed E-state index contributed by atoms with van der Waals surface area (Å²) in [6, 6.07) is 12.9. The number of hydrogen-bond donors (Lipinski definition) is 1. The van der Waals surface area contributed by atoms with Crippen LogP contribution >= 0.6 is 0 Å². The van der Waals surface area contributed by atoms with E-state index >= 15 is 0 Å². The van der Waals surface area contributed by atoms with Crippen LogP contribution < -0.4 is 5.32 Å². The van der Waals surface area contributed by atoms with Gasteiger partial charge in [0.1, 0.15) is 5.82 Å². The number of nitrogens with zero attached hydrogens (tertiary/aromatic N) is 1. The largest absolute Gasteiger partial charge is 0.354 e. The van der Waals surface area contributed by atoms with Gasteiger partial charge >= 0.3 is 0 Å². The van der Waals surface area contributed by atoms with Crippen molar-refractivity contribution in [2.24, 2.45) is 0 Å². The summed E-state index contributed by atoms with van der Waals surface area (Å²) in [5.41, 5.74) is 3.99. The van der Waals surface area contributed by atoms with Crippen LogP contribution in [0.5, 0.6) is 0 Å². The van der Waals surface area contributed by atoms with Crippen molar-refractivity contribution < 1.29 is 9.18 Å². The van der Waals surface area contributed by atoms with Gasteiger partial charge in [0, 0.05) is 12.1 Å². The van der Waals surface area contributed by atoms with Crippen LogP contribution in [0.1, 0.15) is 41.1 Å². The van der Waals surface area contributed by atoms with Gasteiger partial charge in [0.25, 0.3) is 0 Å². The van der Waals surface area contributed by atoms with E-state index in [1.807, 2.05) is 32.0 Å². The molecule has 1 heterocycles. The van der Waals surface area contributed by atoms with Crippen molar-refractivity contribution in [2.75, 3.05) is 19.6 Å². The van der Waals surface area contributed by atoms with Gasteiger partial charge in [0.15, 0.2) is 0 Å². The maximum atomic E-state index is 14.3. The highest BCUT2D eigenvalue weighted by atomic mass is 19.1. The van der Waals surface area contributed by atoms with Gasteiger partial charge in [0.2, 0.25) is 5.91 Å². The van der Waals surface area contributed by atoms with Crippen molar-refractivity contribution in [1.82, 2.24) is 10.2 Å². The summed E-state index contributed by atoms with van der Waals surface area (Å²) in [5.74, 6) is -0.215. The topological polar surface area (TPSA) is 32.3 Å². The Morgan fingerprint density at radius 3 is 2.62 bits per heavy atom. The highest BCUT2D eigenvalue weighted by Gasteiger charge is 2.26. The Balaban J connectivity index is 1.68. The number of benzene rings is 2. The van der Waals surface area contributed by atoms with Crippen LogP contribution in [-0.2, 0) is 11.2 Å². The van der Waals surface area contributed by atoms with E-state index in [9.17, 15) is 9.18 Å². The summed E-state index contributed by atoms with van der Waals surface area (Å²) >= 11 is 0. The predicted molar refractivity (Wildman–Crippen MR) is 103 cm³/mol. The molecule has 0 unspecified atom stereocenters. The van der Waals surface area contributed by atoms with Crippen LogP contribution in [0, 0.1) is 19.7 Å². The molecule has 1 aliphatic rings. The van der Waals surface area contributed by atoms with Gasteiger partial charge in [-0.25, -0.2) is 4.39 Å². The molecule has 138 valence electrons. The van der Waals surface area contributed by atoms with Gasteiger partial charge in [-0.2, -0.15) is 0 Å². The molecule has 0 aliphatic carbocycles. The smallest absolute Gasteiger partial charge is 0.224 e. The summed E-state index contributed by atoms with van der Waals surface area (Å²) in [4.78, 5) is 14.8. The zero-order valence-corrected chi connectivity index (χ0v) is 15.6. The van der Waals surface area contributed by atoms with Crippen LogP contribution in [-0.4, -0.2) is 30.4 Å². The first-order valence-corrected chi connectivity index (χ1v) is 9.36. The third-order valence-corrected chi connectivity index (χ3v) is 5.19. The second kappa shape index (κ2) is 8.45. The summed E-state index contributed by atoms with van der Waals surface area (Å²) in [6.07, 6.45) is 2.61. The highest BCUT2D eigenvalue weighted by molar-refractivity contribution is 5.79. The van der Waals surface area contributed by atoms with Gasteiger partial charge in [-0.3, -0.25) is 9.69 Å². The Morgan fingerprint density at radius 2 is 1.88 bits per heavy atom. The SMILES string of the molecule is Cc1ccc(C)c(CC(=O)NC[C@H](c2ccccc2F)N2CCCC2)c1. The molecule has 1 atom stereocenters. The van der Waals surface area contributed by atoms with Crippen molar-refractivity contribution in [3.05, 3.63) is 70.5 Å². The van der Waals surface area contributed by atoms with Crippen molar-refractivity contribution in [2.45, 2.75) is 39.2 Å². The first-order chi connectivity index (χ1) is 12.5. The number of rotatable bonds is 6. The van der Waals surface area contributed by atoms with E-state index in [1.165, 1.54) is 6.07 Å². The molecule has 3 nitrogen and oxygen atoms in total. The molecule has 2 aromatic carbocycles. The second-order valence-electron chi connectivity index (χ2n) is 7.19. The van der Waals surface area contributed by atoms with Crippen molar-refractivity contribution in [3.63, 3.8) is 0 Å². The first-order valence-electron chi connectivity index (χ1n) is 9.36. The maximum absolute atomic E-state index is 14.3. The Kier molecular flexibility index (Phi) is 6.04. The lowest BCUT2D eigenvalue weighted by Gasteiger charge is -2.28. The molecule has 4 heteroatoms. The molecule has 1 N–H and O–H groups in total. The summed E-state index contributed by atoms with van der Waals surface area (Å²) in [7, 11) is 0. The number of aryl methyl sites for hydroxylation is 2. The third-order valence-electron chi connectivity index (χ3n) is 5.19. The molecule has 1 aliphatic heterocycles. The summed E-state index contributed by atoms with van der Waals surface area (Å²) in [5, 5.41) is 3.03. The summed E-state index contributed by atoms with van der Waals surface area (Å²) < 4.78 is 14.3. The number of likely N-dealkylation sites (tertiary alicyclic amines) is 1. The molecule has 0 radical (unpaired) electrons. The fraction of sp³-hybridized carbons (Fsp3) is 0.409. The number of carbonyl (C=O) groups excluding carboxylic acids is 1. The minimum absolute atomic E-state index is 0.0146. The molecule has 2 aromatic rings. The van der Waals surface area contributed by atoms with Gasteiger partial charge in [-0.1, -0.05) is 42.0 Å². The Morgan fingerprint density at radius 1 is 1.15 bits per heavy atom. The lowest BCUT2D eigenvalue weighted by molar-refractivity contribution is -0.120. The Labute approximate surface area is 155 Å². The molecule has 0 aromatic heterocycles. The van der Waals surface area contributed by atoms with Gasteiger partial charge in [0.05, 0.1) is 12.5 Å². The van der Waals surface area contributed by atoms with Gasteiger partial charge in [-0.05, 0) is 57.0 Å². The number of halogens is 1. The molecule has 26 heavy (non-hydrogen) atoms. The zero-order chi connectivity index (χ0) is 18.5. The number of carbonyl (C=O) groups is 1. The molecular weight excluding hydrogens is 327 g/mol. The molecule has 3 rings (SSSR count). The zero-order valence-electron chi connectivity index (χ0n) is 15.6. The fourth-order valence-corrected chi connectivity index (χ4v) is 3.67. The predicted octanol–water partition coefficient (Wildman–Crippen LogP) is 3.94. The molecule has 1 fully saturated rings. The van der Waals surface area contributed by atoms with E-state index in [4.69, 9.17) is 0 Å². The average molecular weight is 354 g/mol. The van der Waals surface area contributed by atoms with Crippen molar-refractivity contribution >= 4 is 5.91 Å². The van der Waals surface area contributed by atoms with Crippen molar-refractivity contribution in [3.8, 4) is 0 Å². The van der Waals surface area contributed by atoms with Crippen LogP contribution in [0.15, 0.2) is 42.5 Å². The average Bonchev–Trinajstić information content (AvgIpc) is 3.14. The van der Waals surface area contributed by atoms with E-state index in [1.54, 1.807) is 6.07 Å². The van der Waals surface area contributed by atoms with E-state index in [2.05, 4.69) is 22.3 Å². The Bertz CT molecular complexity index is 768. The fourth-order valence-electron chi connectivity index (χ4n) is 3.67. The molecule has 1 amide bonds. The minimum atomic E-state index is -0.201. The maximum Gasteiger partial charge on any atom is 0.224 e. The van der Waals surface area contributed by atoms with Crippen LogP contribution in [0.4, 0.5) is 4.39 Å². The van der Waals surface area contributed by atoms with Gasteiger partial charge in [-0.15, -0.1) is 0 Å². The standard InChI is InChI=1S/C22H27FN2O/c1-16-9-10-17(2)18(13-16)14-22(26)24-15-21(25-11-5-6-12-25)19-7-3-4-8-20(19)23/h3-4,7-10,13,21H,5-6,11-12,14-15H2,1-2H3,(H,24,26)/t21-/m1/s1. The van der Waals surface area contributed by atoms with E-state index in [0.717, 1.165) is 42.6 Å². The van der Waals surface area contributed by atoms with E-state index < -0.39 is 0 Å². The number of nitrogens with one attached hydrogen (secondary N) is 1. The van der Waals surface area contributed by atoms with Gasteiger partial charge < -0.3 is 5.32 Å². The monoisotopic (exact) mass is 354 g/mol. The minimum Gasteiger partial charge on any atom is -0.354 e. The first kappa shape index (κ1) is 18.6. The number of amides is 1. The van der Waals surface area contributed by atoms with Crippen molar-refractivity contribution in [1.29, 1.82) is 0 Å². The molecule has 0 spiro atoms. The van der Waals surface area contributed by atoms with Crippen LogP contribution in [0.3, 0.4) is 0 Å². The molecular formula is C22H27FN2O. The van der Waals surface area contributed by atoms with Crippen LogP contribution in [0.2, 0.25) is 0 Å². The Hall–Kier alpha value is -2.20.